The van der Waals surface area contributed by atoms with Crippen molar-refractivity contribution in [2.75, 3.05) is 20.3 Å². The Balaban J connectivity index is 1.93. The number of nitrogens with zero attached hydrogens (tertiary/aromatic N) is 3. The SMILES string of the molecule is COCCN1C(=O)C(=O)C(=C(O)c2nc3c(C)cccn3c2C)C1c1ccc(F)cc1. The van der Waals surface area contributed by atoms with Crippen molar-refractivity contribution >= 4 is 23.1 Å². The number of hydrogen-bond donors (Lipinski definition) is 1. The summed E-state index contributed by atoms with van der Waals surface area (Å²) in [5, 5.41) is 11.2. The number of fused-ring (bicyclic) bond motifs is 1. The molecule has 1 N–H and O–H groups in total. The van der Waals surface area contributed by atoms with E-state index in [1.54, 1.807) is 6.92 Å². The molecule has 1 saturated heterocycles. The fourth-order valence-corrected chi connectivity index (χ4v) is 3.97. The van der Waals surface area contributed by atoms with E-state index in [2.05, 4.69) is 4.98 Å². The summed E-state index contributed by atoms with van der Waals surface area (Å²) in [6, 6.07) is 8.40. The molecule has 1 aliphatic heterocycles. The molecule has 1 aliphatic rings. The fraction of sp³-hybridized carbons (Fsp3) is 0.261. The zero-order valence-electron chi connectivity index (χ0n) is 17.4. The van der Waals surface area contributed by atoms with Crippen molar-refractivity contribution in [2.24, 2.45) is 0 Å². The van der Waals surface area contributed by atoms with Gasteiger partial charge in [-0.2, -0.15) is 0 Å². The van der Waals surface area contributed by atoms with Crippen LogP contribution in [0.3, 0.4) is 0 Å². The van der Waals surface area contributed by atoms with Crippen molar-refractivity contribution < 1.29 is 23.8 Å². The summed E-state index contributed by atoms with van der Waals surface area (Å²) in [7, 11) is 1.49. The first kappa shape index (κ1) is 20.7. The highest BCUT2D eigenvalue weighted by Gasteiger charge is 2.46. The molecule has 0 bridgehead atoms. The Bertz CT molecular complexity index is 1210. The molecule has 1 unspecified atom stereocenters. The lowest BCUT2D eigenvalue weighted by molar-refractivity contribution is -0.140. The third-order valence-electron chi connectivity index (χ3n) is 5.57. The summed E-state index contributed by atoms with van der Waals surface area (Å²) < 4.78 is 20.4. The Morgan fingerprint density at radius 1 is 1.19 bits per heavy atom. The summed E-state index contributed by atoms with van der Waals surface area (Å²) >= 11 is 0. The lowest BCUT2D eigenvalue weighted by Crippen LogP contribution is -2.32. The minimum Gasteiger partial charge on any atom is -0.505 e. The number of aromatic nitrogens is 2. The summed E-state index contributed by atoms with van der Waals surface area (Å²) in [5.74, 6) is -2.35. The van der Waals surface area contributed by atoms with Gasteiger partial charge in [-0.1, -0.05) is 18.2 Å². The first-order valence-electron chi connectivity index (χ1n) is 9.82. The average molecular weight is 423 g/mol. The van der Waals surface area contributed by atoms with Crippen LogP contribution in [-0.4, -0.2) is 51.3 Å². The number of likely N-dealkylation sites (tertiary alicyclic amines) is 1. The zero-order chi connectivity index (χ0) is 22.3. The Morgan fingerprint density at radius 3 is 2.55 bits per heavy atom. The second-order valence-corrected chi connectivity index (χ2v) is 7.47. The molecule has 3 aromatic rings. The number of rotatable bonds is 5. The number of methoxy groups -OCH3 is 1. The Labute approximate surface area is 178 Å². The maximum atomic E-state index is 13.5. The van der Waals surface area contributed by atoms with Gasteiger partial charge in [0.15, 0.2) is 5.76 Å². The van der Waals surface area contributed by atoms with Gasteiger partial charge >= 0.3 is 0 Å². The number of pyridine rings is 1. The minimum atomic E-state index is -0.874. The largest absolute Gasteiger partial charge is 0.505 e. The molecule has 7 nitrogen and oxygen atoms in total. The van der Waals surface area contributed by atoms with Gasteiger partial charge < -0.3 is 19.1 Å². The van der Waals surface area contributed by atoms with E-state index in [9.17, 15) is 19.1 Å². The summed E-state index contributed by atoms with van der Waals surface area (Å²) in [6.45, 7) is 4.02. The van der Waals surface area contributed by atoms with Crippen molar-refractivity contribution in [3.63, 3.8) is 0 Å². The number of carbonyl (C=O) groups is 2. The number of ketones is 1. The monoisotopic (exact) mass is 423 g/mol. The van der Waals surface area contributed by atoms with Crippen LogP contribution in [0.1, 0.15) is 28.6 Å². The van der Waals surface area contributed by atoms with E-state index >= 15 is 0 Å². The van der Waals surface area contributed by atoms with Gasteiger partial charge in [0.05, 0.1) is 23.9 Å². The average Bonchev–Trinajstić information content (AvgIpc) is 3.22. The number of halogens is 1. The van der Waals surface area contributed by atoms with Gasteiger partial charge in [-0.25, -0.2) is 9.37 Å². The molecule has 1 atom stereocenters. The zero-order valence-corrected chi connectivity index (χ0v) is 17.4. The minimum absolute atomic E-state index is 0.0723. The molecular formula is C23H22FN3O4. The predicted octanol–water partition coefficient (Wildman–Crippen LogP) is 3.16. The fourth-order valence-electron chi connectivity index (χ4n) is 3.97. The summed E-state index contributed by atoms with van der Waals surface area (Å²) in [6.07, 6.45) is 1.82. The molecule has 0 aliphatic carbocycles. The molecule has 0 radical (unpaired) electrons. The highest BCUT2D eigenvalue weighted by molar-refractivity contribution is 6.46. The van der Waals surface area contributed by atoms with Crippen molar-refractivity contribution in [3.8, 4) is 0 Å². The van der Waals surface area contributed by atoms with Gasteiger partial charge in [0.2, 0.25) is 0 Å². The van der Waals surface area contributed by atoms with Gasteiger partial charge in [0.1, 0.15) is 17.2 Å². The Morgan fingerprint density at radius 2 is 1.90 bits per heavy atom. The van der Waals surface area contributed by atoms with Crippen molar-refractivity contribution in [1.82, 2.24) is 14.3 Å². The number of imidazole rings is 1. The van der Waals surface area contributed by atoms with Crippen LogP contribution >= 0.6 is 0 Å². The standard InChI is InChI=1S/C23H22FN3O4/c1-13-5-4-10-26-14(2)18(25-22(13)26)20(28)17-19(15-6-8-16(24)9-7-15)27(11-12-31-3)23(30)21(17)29/h4-10,19,28H,11-12H2,1-3H3. The van der Waals surface area contributed by atoms with Gasteiger partial charge in [0.25, 0.3) is 11.7 Å². The van der Waals surface area contributed by atoms with Crippen LogP contribution in [0.2, 0.25) is 0 Å². The van der Waals surface area contributed by atoms with Crippen LogP contribution in [0, 0.1) is 19.7 Å². The van der Waals surface area contributed by atoms with Gasteiger partial charge in [-0.3, -0.25) is 9.59 Å². The van der Waals surface area contributed by atoms with Crippen LogP contribution in [-0.2, 0) is 14.3 Å². The van der Waals surface area contributed by atoms with E-state index in [0.29, 0.717) is 16.9 Å². The lowest BCUT2D eigenvalue weighted by atomic mass is 9.96. The van der Waals surface area contributed by atoms with Crippen LogP contribution in [0.5, 0.6) is 0 Å². The Kier molecular flexibility index (Phi) is 5.32. The van der Waals surface area contributed by atoms with Gasteiger partial charge in [0, 0.05) is 19.9 Å². The molecule has 4 rings (SSSR count). The van der Waals surface area contributed by atoms with Crippen LogP contribution < -0.4 is 0 Å². The third-order valence-corrected chi connectivity index (χ3v) is 5.57. The predicted molar refractivity (Wildman–Crippen MR) is 112 cm³/mol. The van der Waals surface area contributed by atoms with Crippen LogP contribution in [0.25, 0.3) is 11.4 Å². The first-order valence-corrected chi connectivity index (χ1v) is 9.82. The van der Waals surface area contributed by atoms with E-state index in [4.69, 9.17) is 4.74 Å². The number of aliphatic hydroxyl groups excluding tert-OH is 1. The molecular weight excluding hydrogens is 401 g/mol. The van der Waals surface area contributed by atoms with E-state index in [1.165, 1.54) is 36.3 Å². The maximum Gasteiger partial charge on any atom is 0.295 e. The van der Waals surface area contributed by atoms with Gasteiger partial charge in [-0.05, 0) is 43.2 Å². The molecule has 1 aromatic carbocycles. The summed E-state index contributed by atoms with van der Waals surface area (Å²) in [5.41, 5.74) is 2.85. The van der Waals surface area contributed by atoms with E-state index in [1.807, 2.05) is 29.7 Å². The number of aryl methyl sites for hydroxylation is 2. The van der Waals surface area contributed by atoms with E-state index in [-0.39, 0.29) is 30.2 Å². The highest BCUT2D eigenvalue weighted by atomic mass is 19.1. The third kappa shape index (κ3) is 3.38. The number of carbonyl (C=O) groups excluding carboxylic acids is 2. The maximum absolute atomic E-state index is 13.5. The molecule has 1 fully saturated rings. The molecule has 31 heavy (non-hydrogen) atoms. The highest BCUT2D eigenvalue weighted by Crippen LogP contribution is 2.39. The number of hydrogen-bond acceptors (Lipinski definition) is 5. The van der Waals surface area contributed by atoms with Crippen molar-refractivity contribution in [2.45, 2.75) is 19.9 Å². The quantitative estimate of drug-likeness (QED) is 0.387. The topological polar surface area (TPSA) is 84.1 Å². The lowest BCUT2D eigenvalue weighted by Gasteiger charge is -2.24. The van der Waals surface area contributed by atoms with E-state index in [0.717, 1.165) is 5.56 Å². The normalized spacial score (nSPS) is 18.3. The number of amides is 1. The second-order valence-electron chi connectivity index (χ2n) is 7.47. The van der Waals surface area contributed by atoms with E-state index < -0.39 is 23.5 Å². The van der Waals surface area contributed by atoms with Crippen LogP contribution in [0.4, 0.5) is 4.39 Å². The van der Waals surface area contributed by atoms with Crippen molar-refractivity contribution in [1.29, 1.82) is 0 Å². The number of benzene rings is 1. The molecule has 8 heteroatoms. The Hall–Kier alpha value is -3.52. The van der Waals surface area contributed by atoms with Crippen LogP contribution in [0.15, 0.2) is 48.2 Å². The smallest absolute Gasteiger partial charge is 0.295 e. The molecule has 160 valence electrons. The summed E-state index contributed by atoms with van der Waals surface area (Å²) in [4.78, 5) is 31.6. The van der Waals surface area contributed by atoms with Crippen molar-refractivity contribution in [3.05, 3.63) is 76.5 Å². The molecule has 0 spiro atoms. The molecule has 2 aromatic heterocycles. The second kappa shape index (κ2) is 7.96. The number of Topliss-reactive ketones (excluding diaryl/α,β-unsaturated/α-hetero) is 1. The van der Waals surface area contributed by atoms with Gasteiger partial charge in [-0.15, -0.1) is 0 Å². The first-order chi connectivity index (χ1) is 14.8. The molecule has 3 heterocycles. The number of aliphatic hydroxyl groups is 1. The molecule has 1 amide bonds. The number of ether oxygens (including phenoxy) is 1. The molecule has 0 saturated carbocycles.